The number of carbonyl (C=O) groups is 2. The maximum absolute atomic E-state index is 12.2. The van der Waals surface area contributed by atoms with Crippen molar-refractivity contribution in [1.82, 2.24) is 5.16 Å². The Hall–Kier alpha value is -2.58. The SMILES string of the molecule is CCOc1noc(C(=O)OCc2ccccc2)c1CC(N)C(=O)O.Cl. The number of aromatic nitrogens is 1. The van der Waals surface area contributed by atoms with Crippen molar-refractivity contribution < 1.29 is 28.7 Å². The quantitative estimate of drug-likeness (QED) is 0.674. The summed E-state index contributed by atoms with van der Waals surface area (Å²) in [5.41, 5.74) is 6.52. The standard InChI is InChI=1S/C16H18N2O6.ClH/c1-2-22-14-11(8-12(17)15(19)20)13(24-18-14)16(21)23-9-10-6-4-3-5-7-10;/h3-7,12H,2,8-9,17H2,1H3,(H,19,20);1H. The Labute approximate surface area is 150 Å². The molecule has 1 aromatic heterocycles. The molecule has 1 unspecified atom stereocenters. The van der Waals surface area contributed by atoms with Crippen molar-refractivity contribution in [2.75, 3.05) is 6.61 Å². The maximum atomic E-state index is 12.2. The smallest absolute Gasteiger partial charge is 0.377 e. The zero-order valence-corrected chi connectivity index (χ0v) is 14.3. The molecule has 8 nitrogen and oxygen atoms in total. The predicted molar refractivity (Wildman–Crippen MR) is 89.8 cm³/mol. The Morgan fingerprint density at radius 2 is 2.00 bits per heavy atom. The molecule has 136 valence electrons. The van der Waals surface area contributed by atoms with Crippen LogP contribution in [0.1, 0.15) is 28.6 Å². The van der Waals surface area contributed by atoms with E-state index < -0.39 is 18.0 Å². The van der Waals surface area contributed by atoms with Gasteiger partial charge in [0.15, 0.2) is 0 Å². The molecule has 0 fully saturated rings. The number of rotatable bonds is 8. The Balaban J connectivity index is 0.00000312. The van der Waals surface area contributed by atoms with Crippen LogP contribution in [0.4, 0.5) is 0 Å². The van der Waals surface area contributed by atoms with E-state index in [1.54, 1.807) is 19.1 Å². The molecule has 0 saturated heterocycles. The van der Waals surface area contributed by atoms with Crippen LogP contribution in [-0.4, -0.2) is 34.9 Å². The number of nitrogens with zero attached hydrogens (tertiary/aromatic N) is 1. The van der Waals surface area contributed by atoms with Gasteiger partial charge in [-0.2, -0.15) is 0 Å². The molecule has 0 aliphatic rings. The molecule has 2 rings (SSSR count). The zero-order chi connectivity index (χ0) is 17.5. The molecule has 1 heterocycles. The number of hydrogen-bond acceptors (Lipinski definition) is 7. The van der Waals surface area contributed by atoms with Gasteiger partial charge in [-0.1, -0.05) is 30.3 Å². The number of carboxylic acid groups (broad SMARTS) is 1. The zero-order valence-electron chi connectivity index (χ0n) is 13.5. The predicted octanol–water partition coefficient (Wildman–Crippen LogP) is 1.81. The van der Waals surface area contributed by atoms with Gasteiger partial charge >= 0.3 is 11.9 Å². The minimum absolute atomic E-state index is 0. The van der Waals surface area contributed by atoms with E-state index in [0.717, 1.165) is 5.56 Å². The summed E-state index contributed by atoms with van der Waals surface area (Å²) in [6.07, 6.45) is -0.163. The number of aliphatic carboxylic acids is 1. The molecule has 1 aromatic carbocycles. The van der Waals surface area contributed by atoms with Gasteiger partial charge in [-0.3, -0.25) is 4.79 Å². The summed E-state index contributed by atoms with van der Waals surface area (Å²) in [5, 5.41) is 12.6. The van der Waals surface area contributed by atoms with Crippen molar-refractivity contribution in [3.8, 4) is 5.88 Å². The van der Waals surface area contributed by atoms with Crippen LogP contribution >= 0.6 is 12.4 Å². The van der Waals surface area contributed by atoms with E-state index in [2.05, 4.69) is 5.16 Å². The number of carboxylic acids is 1. The molecule has 9 heteroatoms. The van der Waals surface area contributed by atoms with Crippen molar-refractivity contribution in [3.63, 3.8) is 0 Å². The number of hydrogen-bond donors (Lipinski definition) is 2. The van der Waals surface area contributed by atoms with Crippen molar-refractivity contribution in [3.05, 3.63) is 47.2 Å². The van der Waals surface area contributed by atoms with Crippen LogP contribution < -0.4 is 10.5 Å². The van der Waals surface area contributed by atoms with Gasteiger partial charge in [0.1, 0.15) is 12.6 Å². The van der Waals surface area contributed by atoms with Crippen LogP contribution in [0.3, 0.4) is 0 Å². The van der Waals surface area contributed by atoms with Gasteiger partial charge < -0.3 is 24.8 Å². The van der Waals surface area contributed by atoms with Crippen molar-refractivity contribution >= 4 is 24.3 Å². The van der Waals surface area contributed by atoms with E-state index in [9.17, 15) is 9.59 Å². The molecule has 0 bridgehead atoms. The first kappa shape index (κ1) is 20.5. The molecular weight excluding hydrogens is 352 g/mol. The number of benzene rings is 1. The second kappa shape index (κ2) is 9.65. The summed E-state index contributed by atoms with van der Waals surface area (Å²) in [6, 6.07) is 7.89. The highest BCUT2D eigenvalue weighted by Gasteiger charge is 2.28. The van der Waals surface area contributed by atoms with E-state index in [1.165, 1.54) is 0 Å². The Kier molecular flexibility index (Phi) is 7.90. The van der Waals surface area contributed by atoms with E-state index >= 15 is 0 Å². The fraction of sp³-hybridized carbons (Fsp3) is 0.312. The Morgan fingerprint density at radius 1 is 1.32 bits per heavy atom. The van der Waals surface area contributed by atoms with Gasteiger partial charge in [-0.15, -0.1) is 12.4 Å². The van der Waals surface area contributed by atoms with Crippen LogP contribution in [0.5, 0.6) is 5.88 Å². The van der Waals surface area contributed by atoms with Gasteiger partial charge in [-0.05, 0) is 17.6 Å². The fourth-order valence-electron chi connectivity index (χ4n) is 1.98. The molecule has 3 N–H and O–H groups in total. The first-order valence-electron chi connectivity index (χ1n) is 7.33. The monoisotopic (exact) mass is 370 g/mol. The fourth-order valence-corrected chi connectivity index (χ4v) is 1.98. The summed E-state index contributed by atoms with van der Waals surface area (Å²) in [4.78, 5) is 23.2. The lowest BCUT2D eigenvalue weighted by Gasteiger charge is -2.08. The third kappa shape index (κ3) is 5.47. The second-order valence-electron chi connectivity index (χ2n) is 4.94. The van der Waals surface area contributed by atoms with Gasteiger partial charge in [0, 0.05) is 6.42 Å². The molecule has 0 radical (unpaired) electrons. The molecule has 1 atom stereocenters. The first-order valence-corrected chi connectivity index (χ1v) is 7.33. The van der Waals surface area contributed by atoms with Crippen molar-refractivity contribution in [2.24, 2.45) is 5.73 Å². The third-order valence-corrected chi connectivity index (χ3v) is 3.17. The van der Waals surface area contributed by atoms with Gasteiger partial charge in [-0.25, -0.2) is 4.79 Å². The molecule has 0 aliphatic carbocycles. The lowest BCUT2D eigenvalue weighted by molar-refractivity contribution is -0.138. The van der Waals surface area contributed by atoms with Crippen LogP contribution in [0.2, 0.25) is 0 Å². The van der Waals surface area contributed by atoms with Crippen molar-refractivity contribution in [1.29, 1.82) is 0 Å². The van der Waals surface area contributed by atoms with Crippen molar-refractivity contribution in [2.45, 2.75) is 26.0 Å². The highest BCUT2D eigenvalue weighted by atomic mass is 35.5. The van der Waals surface area contributed by atoms with Crippen LogP contribution in [0, 0.1) is 0 Å². The van der Waals surface area contributed by atoms with Crippen LogP contribution in [0.25, 0.3) is 0 Å². The molecule has 0 aliphatic heterocycles. The number of esters is 1. The maximum Gasteiger partial charge on any atom is 0.377 e. The number of carbonyl (C=O) groups excluding carboxylic acids is 1. The summed E-state index contributed by atoms with van der Waals surface area (Å²) in [7, 11) is 0. The second-order valence-corrected chi connectivity index (χ2v) is 4.94. The summed E-state index contributed by atoms with van der Waals surface area (Å²) in [5.74, 6) is -2.13. The van der Waals surface area contributed by atoms with Crippen LogP contribution in [-0.2, 0) is 22.6 Å². The largest absolute Gasteiger partial charge is 0.480 e. The van der Waals surface area contributed by atoms with Gasteiger partial charge in [0.25, 0.3) is 11.6 Å². The van der Waals surface area contributed by atoms with E-state index in [0.29, 0.717) is 0 Å². The molecule has 0 amide bonds. The van der Waals surface area contributed by atoms with E-state index in [4.69, 9.17) is 24.8 Å². The number of ether oxygens (including phenoxy) is 2. The van der Waals surface area contributed by atoms with Crippen LogP contribution in [0.15, 0.2) is 34.9 Å². The van der Waals surface area contributed by atoms with Gasteiger partial charge in [0.2, 0.25) is 0 Å². The minimum Gasteiger partial charge on any atom is -0.480 e. The number of nitrogens with two attached hydrogens (primary N) is 1. The lowest BCUT2D eigenvalue weighted by atomic mass is 10.1. The van der Waals surface area contributed by atoms with Gasteiger partial charge in [0.05, 0.1) is 12.2 Å². The topological polar surface area (TPSA) is 125 Å². The summed E-state index contributed by atoms with van der Waals surface area (Å²) in [6.45, 7) is 2.05. The molecule has 0 spiro atoms. The third-order valence-electron chi connectivity index (χ3n) is 3.17. The highest BCUT2D eigenvalue weighted by Crippen LogP contribution is 2.24. The number of halogens is 1. The Bertz CT molecular complexity index is 704. The van der Waals surface area contributed by atoms with E-state index in [-0.39, 0.29) is 49.2 Å². The molecular formula is C16H19ClN2O6. The summed E-state index contributed by atoms with van der Waals surface area (Å²) < 4.78 is 15.4. The molecule has 25 heavy (non-hydrogen) atoms. The molecule has 0 saturated carbocycles. The minimum atomic E-state index is -1.22. The molecule has 2 aromatic rings. The average molecular weight is 371 g/mol. The van der Waals surface area contributed by atoms with E-state index in [1.807, 2.05) is 18.2 Å². The lowest BCUT2D eigenvalue weighted by Crippen LogP contribution is -2.32. The highest BCUT2D eigenvalue weighted by molar-refractivity contribution is 5.89. The normalized spacial score (nSPS) is 11.3. The first-order chi connectivity index (χ1) is 11.5. The summed E-state index contributed by atoms with van der Waals surface area (Å²) >= 11 is 0. The average Bonchev–Trinajstić information content (AvgIpc) is 2.96. The Morgan fingerprint density at radius 3 is 2.60 bits per heavy atom.